The number of rotatable bonds is 9. The maximum absolute atomic E-state index is 14.9. The zero-order chi connectivity index (χ0) is 32.4. The van der Waals surface area contributed by atoms with Crippen LogP contribution in [0.25, 0.3) is 0 Å². The lowest BCUT2D eigenvalue weighted by molar-refractivity contribution is -0.277. The lowest BCUT2D eigenvalue weighted by Crippen LogP contribution is -2.77. The van der Waals surface area contributed by atoms with Gasteiger partial charge in [-0.1, -0.05) is 100 Å². The molecular formula is C42H55NO4. The second kappa shape index (κ2) is 12.0. The van der Waals surface area contributed by atoms with Crippen LogP contribution in [-0.2, 0) is 26.3 Å². The molecule has 0 radical (unpaired) electrons. The fourth-order valence-electron chi connectivity index (χ4n) is 12.4. The van der Waals surface area contributed by atoms with Gasteiger partial charge in [0.05, 0.1) is 11.0 Å². The van der Waals surface area contributed by atoms with Crippen LogP contribution in [0.3, 0.4) is 0 Å². The molecule has 2 aliphatic heterocycles. The van der Waals surface area contributed by atoms with Crippen LogP contribution < -0.4 is 5.73 Å². The van der Waals surface area contributed by atoms with Crippen molar-refractivity contribution in [2.75, 3.05) is 6.54 Å². The van der Waals surface area contributed by atoms with Gasteiger partial charge < -0.3 is 15.2 Å². The smallest absolute Gasteiger partial charge is 0.339 e. The predicted molar refractivity (Wildman–Crippen MR) is 184 cm³/mol. The average Bonchev–Trinajstić information content (AvgIpc) is 3.54. The number of unbranched alkanes of at least 4 members (excludes halogenated alkanes) is 1. The number of nitrogens with two attached hydrogens (primary N) is 1. The third-order valence-corrected chi connectivity index (χ3v) is 14.2. The molecule has 5 nitrogen and oxygen atoms in total. The van der Waals surface area contributed by atoms with E-state index in [9.17, 15) is 9.59 Å². The van der Waals surface area contributed by atoms with E-state index in [1.807, 2.05) is 0 Å². The molecule has 0 aromatic heterocycles. The summed E-state index contributed by atoms with van der Waals surface area (Å²) in [4.78, 5) is 29.1. The molecule has 2 heterocycles. The number of allylic oxidation sites excluding steroid dienone is 4. The van der Waals surface area contributed by atoms with Crippen LogP contribution in [0.5, 0.6) is 0 Å². The molecule has 5 heteroatoms. The molecule has 3 fully saturated rings. The van der Waals surface area contributed by atoms with E-state index >= 15 is 0 Å². The number of hydrogen-bond acceptors (Lipinski definition) is 5. The number of carbonyl (C=O) groups excluding carboxylic acids is 2. The molecule has 5 aliphatic carbocycles. The van der Waals surface area contributed by atoms with Crippen molar-refractivity contribution < 1.29 is 19.1 Å². The average molecular weight is 638 g/mol. The minimum atomic E-state index is -0.888. The molecule has 1 spiro atoms. The van der Waals surface area contributed by atoms with E-state index < -0.39 is 16.4 Å². The monoisotopic (exact) mass is 637 g/mol. The molecule has 252 valence electrons. The number of ether oxygens (including phenoxy) is 2. The van der Waals surface area contributed by atoms with E-state index in [1.165, 1.54) is 49.7 Å². The van der Waals surface area contributed by atoms with Crippen molar-refractivity contribution in [1.29, 1.82) is 0 Å². The van der Waals surface area contributed by atoms with E-state index in [0.717, 1.165) is 99.0 Å². The first-order valence-electron chi connectivity index (χ1n) is 19.3. The highest BCUT2D eigenvalue weighted by molar-refractivity contribution is 6.00. The lowest BCUT2D eigenvalue weighted by atomic mass is 9.28. The first-order valence-corrected chi connectivity index (χ1v) is 19.3. The Hall–Kier alpha value is -2.66. The summed E-state index contributed by atoms with van der Waals surface area (Å²) >= 11 is 0. The Balaban J connectivity index is 1.28. The van der Waals surface area contributed by atoms with Gasteiger partial charge in [-0.25, -0.2) is 4.79 Å². The van der Waals surface area contributed by atoms with Crippen LogP contribution in [-0.4, -0.2) is 18.5 Å². The van der Waals surface area contributed by atoms with E-state index in [4.69, 9.17) is 15.2 Å². The summed E-state index contributed by atoms with van der Waals surface area (Å²) in [5, 5.41) is 0. The minimum absolute atomic E-state index is 0.0672. The predicted octanol–water partition coefficient (Wildman–Crippen LogP) is 9.25. The van der Waals surface area contributed by atoms with Crippen molar-refractivity contribution in [3.8, 4) is 0 Å². The zero-order valence-corrected chi connectivity index (χ0v) is 28.8. The summed E-state index contributed by atoms with van der Waals surface area (Å²) in [6.45, 7) is 5.20. The molecular weight excluding hydrogens is 582 g/mol. The number of cyclic esters (lactones) is 1. The Morgan fingerprint density at radius 1 is 1.04 bits per heavy atom. The van der Waals surface area contributed by atoms with Gasteiger partial charge >= 0.3 is 11.9 Å². The van der Waals surface area contributed by atoms with Crippen molar-refractivity contribution in [3.63, 3.8) is 0 Å². The second-order valence-corrected chi connectivity index (χ2v) is 16.2. The van der Waals surface area contributed by atoms with E-state index in [2.05, 4.69) is 50.3 Å². The standard InChI is InChI=1S/C42H55NO4/c1-3-12-35-41-33-23-22-30-27(2)13-9-19-31(30)32(33)24-25-40(41,36(46-39(41)45)21-8-7-16-28-14-5-4-6-15-28)42(35)34-20-10-17-29(18-11-26-43)37(34)38(44)47-42/h9-10,17,19-21,27-28,30-31,35H,3-8,11-16,18,22-26,43H2,1-2H3/b36-21-/t27-,30+,31+,35-,40+,41-,42+/m0/s1. The molecule has 1 saturated heterocycles. The number of esters is 2. The summed E-state index contributed by atoms with van der Waals surface area (Å²) in [7, 11) is 0. The molecule has 47 heavy (non-hydrogen) atoms. The second-order valence-electron chi connectivity index (χ2n) is 16.2. The maximum atomic E-state index is 14.9. The molecule has 7 atom stereocenters. The van der Waals surface area contributed by atoms with Crippen molar-refractivity contribution in [2.24, 2.45) is 46.2 Å². The number of aryl methyl sites for hydroxylation is 1. The van der Waals surface area contributed by atoms with Crippen LogP contribution in [0.2, 0.25) is 0 Å². The van der Waals surface area contributed by atoms with Crippen molar-refractivity contribution in [3.05, 3.63) is 70.0 Å². The molecule has 8 rings (SSSR count). The van der Waals surface area contributed by atoms with Crippen molar-refractivity contribution in [2.45, 2.75) is 129 Å². The van der Waals surface area contributed by atoms with Crippen LogP contribution >= 0.6 is 0 Å². The molecule has 2 saturated carbocycles. The molecule has 0 amide bonds. The van der Waals surface area contributed by atoms with E-state index in [1.54, 1.807) is 0 Å². The summed E-state index contributed by atoms with van der Waals surface area (Å²) in [6, 6.07) is 6.32. The topological polar surface area (TPSA) is 78.6 Å². The Morgan fingerprint density at radius 2 is 1.89 bits per heavy atom. The molecule has 2 N–H and O–H groups in total. The fourth-order valence-corrected chi connectivity index (χ4v) is 12.4. The van der Waals surface area contributed by atoms with E-state index in [-0.39, 0.29) is 17.9 Å². The lowest BCUT2D eigenvalue weighted by Gasteiger charge is -2.71. The quantitative estimate of drug-likeness (QED) is 0.166. The highest BCUT2D eigenvalue weighted by Gasteiger charge is 2.92. The first-order chi connectivity index (χ1) is 23.0. The SMILES string of the molecule is CCC[C@H]1[C@@]23C(=O)O/C(=C\CCCC4CCCCC4)[C@@]2(CCC2=C3CC[C@@H]3[C@@H](C)CC=C[C@@H]23)[C@]12OC(=O)c1c(CCCN)cccc12. The van der Waals surface area contributed by atoms with Crippen LogP contribution in [0.1, 0.15) is 138 Å². The first kappa shape index (κ1) is 31.6. The number of hydrogen-bond donors (Lipinski definition) is 1. The Bertz CT molecular complexity index is 1530. The fraction of sp³-hybridized carbons (Fsp3) is 0.667. The van der Waals surface area contributed by atoms with Gasteiger partial charge in [-0.3, -0.25) is 4.79 Å². The normalized spacial score (nSPS) is 38.0. The molecule has 0 unspecified atom stereocenters. The number of carbonyl (C=O) groups is 2. The Kier molecular flexibility index (Phi) is 8.09. The summed E-state index contributed by atoms with van der Waals surface area (Å²) in [5.41, 5.74) is 9.21. The zero-order valence-electron chi connectivity index (χ0n) is 28.8. The highest BCUT2D eigenvalue weighted by Crippen LogP contribution is 2.87. The third-order valence-electron chi connectivity index (χ3n) is 14.2. The summed E-state index contributed by atoms with van der Waals surface area (Å²) in [6.07, 6.45) is 25.4. The molecule has 0 bridgehead atoms. The van der Waals surface area contributed by atoms with Gasteiger partial charge in [0.2, 0.25) is 0 Å². The maximum Gasteiger partial charge on any atom is 0.339 e. The van der Waals surface area contributed by atoms with Crippen molar-refractivity contribution in [1.82, 2.24) is 0 Å². The van der Waals surface area contributed by atoms with Crippen LogP contribution in [0.15, 0.2) is 53.3 Å². The van der Waals surface area contributed by atoms with Gasteiger partial charge in [-0.2, -0.15) is 0 Å². The van der Waals surface area contributed by atoms with Gasteiger partial charge in [-0.05, 0) is 100 Å². The van der Waals surface area contributed by atoms with Gasteiger partial charge in [0.25, 0.3) is 0 Å². The van der Waals surface area contributed by atoms with Crippen molar-refractivity contribution >= 4 is 11.9 Å². The molecule has 7 aliphatic rings. The van der Waals surface area contributed by atoms with Gasteiger partial charge in [0.1, 0.15) is 11.2 Å². The number of benzene rings is 1. The summed E-state index contributed by atoms with van der Waals surface area (Å²) in [5.74, 6) is 2.92. The number of fused-ring (bicyclic) bond motifs is 4. The van der Waals surface area contributed by atoms with E-state index in [0.29, 0.717) is 24.3 Å². The largest absolute Gasteiger partial charge is 0.449 e. The third kappa shape index (κ3) is 4.17. The molecule has 1 aromatic rings. The highest BCUT2D eigenvalue weighted by atomic mass is 16.6. The van der Waals surface area contributed by atoms with Crippen LogP contribution in [0, 0.1) is 40.4 Å². The minimum Gasteiger partial charge on any atom is -0.449 e. The van der Waals surface area contributed by atoms with Gasteiger partial charge in [-0.15, -0.1) is 0 Å². The van der Waals surface area contributed by atoms with Gasteiger partial charge in [0, 0.05) is 17.4 Å². The molecule has 1 aromatic carbocycles. The van der Waals surface area contributed by atoms with Crippen LogP contribution in [0.4, 0.5) is 0 Å². The van der Waals surface area contributed by atoms with Gasteiger partial charge in [0.15, 0.2) is 5.60 Å². The summed E-state index contributed by atoms with van der Waals surface area (Å²) < 4.78 is 13.6. The Labute approximate surface area is 281 Å². The Morgan fingerprint density at radius 3 is 2.70 bits per heavy atom.